The monoisotopic (exact) mass is 1450 g/mol. The molecule has 3 amide bonds. The van der Waals surface area contributed by atoms with Crippen LogP contribution in [-0.2, 0) is 42.2 Å². The summed E-state index contributed by atoms with van der Waals surface area (Å²) in [6.45, 7) is 11.0. The van der Waals surface area contributed by atoms with Gasteiger partial charge in [-0.3, -0.25) is 14.0 Å². The lowest BCUT2D eigenvalue weighted by Crippen LogP contribution is -2.42. The van der Waals surface area contributed by atoms with Gasteiger partial charge in [-0.05, 0) is 166 Å². The third kappa shape index (κ3) is 23.3. The lowest BCUT2D eigenvalue weighted by molar-refractivity contribution is -0.142. The molecule has 2 saturated carbocycles. The van der Waals surface area contributed by atoms with Crippen LogP contribution in [0.25, 0.3) is 55.7 Å². The third-order valence-electron chi connectivity index (χ3n) is 15.6. The molecule has 10 aromatic rings. The second-order valence-electron chi connectivity index (χ2n) is 25.1. The summed E-state index contributed by atoms with van der Waals surface area (Å²) in [5.74, 6) is -0.319. The molecule has 530 valence electrons. The summed E-state index contributed by atoms with van der Waals surface area (Å²) in [6.07, 6.45) is 12.0. The van der Waals surface area contributed by atoms with Gasteiger partial charge in [0.15, 0.2) is 0 Å². The Morgan fingerprint density at radius 1 is 0.554 bits per heavy atom. The van der Waals surface area contributed by atoms with Gasteiger partial charge < -0.3 is 56.0 Å². The molecule has 23 nitrogen and oxygen atoms in total. The van der Waals surface area contributed by atoms with Crippen LogP contribution in [0.4, 0.5) is 48.6 Å². The average Bonchev–Trinajstić information content (AvgIpc) is 1.62. The number of nitrogens with two attached hydrogens (primary N) is 1. The summed E-state index contributed by atoms with van der Waals surface area (Å²) in [5, 5.41) is 27.1. The van der Waals surface area contributed by atoms with E-state index in [1.807, 2.05) is 151 Å². The second-order valence-corrected chi connectivity index (χ2v) is 26.2. The maximum Gasteiger partial charge on any atom is 0.407 e. The molecule has 0 unspecified atom stereocenters. The van der Waals surface area contributed by atoms with Crippen LogP contribution in [0.3, 0.4) is 0 Å². The van der Waals surface area contributed by atoms with E-state index in [0.29, 0.717) is 83.2 Å². The van der Waals surface area contributed by atoms with Crippen molar-refractivity contribution in [2.24, 2.45) is 11.8 Å². The Kier molecular flexibility index (Phi) is 28.5. The van der Waals surface area contributed by atoms with Crippen molar-refractivity contribution in [2.45, 2.75) is 116 Å². The number of carbonyl (C=O) groups is 4. The van der Waals surface area contributed by atoms with E-state index in [1.54, 1.807) is 12.4 Å². The van der Waals surface area contributed by atoms with Crippen molar-refractivity contribution in [3.8, 4) is 33.9 Å². The van der Waals surface area contributed by atoms with E-state index in [2.05, 4.69) is 107 Å². The van der Waals surface area contributed by atoms with Crippen LogP contribution >= 0.6 is 23.2 Å². The first-order valence-electron chi connectivity index (χ1n) is 32.6. The number of carbonyl (C=O) groups excluding carboxylic acids is 3. The molecule has 2 aliphatic carbocycles. The van der Waals surface area contributed by atoms with Crippen molar-refractivity contribution >= 4 is 127 Å². The number of nitrogens with one attached hydrogen (secondary N) is 5. The summed E-state index contributed by atoms with van der Waals surface area (Å²) in [7, 11) is -1.00. The van der Waals surface area contributed by atoms with Gasteiger partial charge in [-0.25, -0.2) is 29.5 Å². The highest BCUT2D eigenvalue weighted by Gasteiger charge is 2.30. The zero-order chi connectivity index (χ0) is 73.9. The number of amides is 3. The highest BCUT2D eigenvalue weighted by atomic mass is 35.5. The fourth-order valence-electron chi connectivity index (χ4n) is 11.3. The Balaban J connectivity index is 0.000000222. The van der Waals surface area contributed by atoms with Crippen molar-refractivity contribution in [3.05, 3.63) is 193 Å². The Morgan fingerprint density at radius 2 is 0.931 bits per heavy atom. The normalized spacial score (nSPS) is 15.4. The van der Waals surface area contributed by atoms with Gasteiger partial charge in [0.1, 0.15) is 11.2 Å². The molecule has 4 heterocycles. The van der Waals surface area contributed by atoms with Crippen molar-refractivity contribution < 1.29 is 56.4 Å². The predicted octanol–water partition coefficient (Wildman–Crippen LogP) is 16.0. The zero-order valence-corrected chi connectivity index (χ0v) is 59.4. The summed E-state index contributed by atoms with van der Waals surface area (Å²) in [4.78, 5) is 65.8. The maximum absolute atomic E-state index is 13.1. The van der Waals surface area contributed by atoms with Crippen LogP contribution in [0.2, 0.25) is 10.0 Å². The number of fused-ring (bicyclic) bond motifs is 2. The molecule has 6 aromatic carbocycles. The lowest BCUT2D eigenvalue weighted by Gasteiger charge is -2.29. The number of anilines is 6. The highest BCUT2D eigenvalue weighted by molar-refractivity contribution is 7.52. The SMILES string of the molecule is CC(C)(C)OC(=O)NC1CCC(C(=O)Nc2cccc(Nc3ncc(Cl)c(-c4cn(-c5ccccc5)c5ccccc45)n3)c2)CC1.CC(C)(C)OC(=O)NC1CCC(C(=O)O)CC1.Nc1cccc(Nc2ncc(Cl)c(-c3cn(-c4ccccc4)c4ccccc34)n2)c1.O=S=O.O=S=O.[2H]CF. The van der Waals surface area contributed by atoms with Gasteiger partial charge in [0.25, 0.3) is 0 Å². The summed E-state index contributed by atoms with van der Waals surface area (Å²) >= 11 is 11.7. The maximum atomic E-state index is 13.1. The second kappa shape index (κ2) is 37.7. The Bertz CT molecular complexity index is 4510. The van der Waals surface area contributed by atoms with Crippen LogP contribution < -0.4 is 32.3 Å². The first-order valence-corrected chi connectivity index (χ1v) is 34.0. The molecule has 0 aliphatic heterocycles. The van der Waals surface area contributed by atoms with E-state index in [4.69, 9.17) is 71.7 Å². The fraction of sp³-hybridized carbons (Fsp3) is 0.288. The number of carboxylic acids is 1. The first kappa shape index (κ1) is 76.3. The van der Waals surface area contributed by atoms with Crippen molar-refractivity contribution in [1.82, 2.24) is 39.7 Å². The minimum atomic E-state index is -1.00. The molecule has 0 radical (unpaired) electrons. The Labute approximate surface area is 602 Å². The molecule has 0 saturated heterocycles. The number of alkyl halides is 1. The standard InChI is InChI=1S/C36H37ClN6O3.C24H18ClN5.C12H21NO4.CH3F.2O2S/c1-36(2,3)46-35(45)41-24-18-16-23(17-19-24)33(44)39-25-10-9-11-26(20-25)40-34-38-21-30(37)32(42-34)29-22-43(27-12-5-4-6-13-27)31-15-8-7-14-28(29)31;25-21-14-27-24(28-17-8-6-7-16(26)13-17)29-23(21)20-15-30(18-9-2-1-3-10-18)22-12-5-4-11-19(20)22;1-12(2,3)17-11(16)13-9-6-4-8(5-7-9)10(14)15;1-2;2*1-3-2/h4-15,20-24H,16-19H2,1-3H3,(H,39,44)(H,41,45)(H,38,40,42);1-15H,26H2,(H,27,28,29);8-9H,4-7H2,1-3H3,(H,13,16)(H,14,15);1H3;;/i;;;1D;;. The molecule has 0 atom stereocenters. The molecule has 28 heteroatoms. The number of halogens is 3. The van der Waals surface area contributed by atoms with E-state index in [9.17, 15) is 23.6 Å². The third-order valence-corrected chi connectivity index (χ3v) is 16.2. The van der Waals surface area contributed by atoms with Crippen LogP contribution in [0, 0.1) is 11.8 Å². The molecule has 0 bridgehead atoms. The summed E-state index contributed by atoms with van der Waals surface area (Å²) < 4.78 is 63.5. The topological polar surface area (TPSA) is 323 Å². The van der Waals surface area contributed by atoms with Gasteiger partial charge in [0.2, 0.25) is 17.8 Å². The lowest BCUT2D eigenvalue weighted by atomic mass is 9.85. The van der Waals surface area contributed by atoms with Gasteiger partial charge in [0, 0.05) is 86.4 Å². The number of nitrogen functional groups attached to an aromatic ring is 1. The minimum absolute atomic E-state index is 0.00517. The molecular weight excluding hydrogens is 1370 g/mol. The molecule has 101 heavy (non-hydrogen) atoms. The van der Waals surface area contributed by atoms with Crippen LogP contribution in [0.5, 0.6) is 0 Å². The van der Waals surface area contributed by atoms with Gasteiger partial charge in [-0.1, -0.05) is 108 Å². The number of aromatic nitrogens is 6. The average molecular weight is 1460 g/mol. The van der Waals surface area contributed by atoms with E-state index >= 15 is 0 Å². The van der Waals surface area contributed by atoms with Gasteiger partial charge in [-0.2, -0.15) is 16.8 Å². The molecule has 0 spiro atoms. The Hall–Kier alpha value is -10.4. The molecule has 2 fully saturated rings. The van der Waals surface area contributed by atoms with Crippen LogP contribution in [-0.4, -0.2) is 106 Å². The van der Waals surface area contributed by atoms with Crippen molar-refractivity contribution in [3.63, 3.8) is 0 Å². The van der Waals surface area contributed by atoms with Crippen molar-refractivity contribution in [1.29, 1.82) is 0 Å². The fourth-order valence-corrected chi connectivity index (χ4v) is 11.7. The molecular formula is C73H79Cl2FN12O11S2. The van der Waals surface area contributed by atoms with Crippen LogP contribution in [0.15, 0.2) is 183 Å². The highest BCUT2D eigenvalue weighted by Crippen LogP contribution is 2.38. The number of hydrogen-bond acceptors (Lipinski definition) is 17. The number of benzene rings is 6. The van der Waals surface area contributed by atoms with E-state index < -0.39 is 59.7 Å². The number of alkyl carbamates (subject to hydrolysis) is 2. The van der Waals surface area contributed by atoms with Gasteiger partial charge >= 0.3 is 41.3 Å². The van der Waals surface area contributed by atoms with Gasteiger partial charge in [0.05, 0.1) is 59.3 Å². The Morgan fingerprint density at radius 3 is 1.34 bits per heavy atom. The predicted molar refractivity (Wildman–Crippen MR) is 394 cm³/mol. The molecule has 2 aliphatic rings. The summed E-state index contributed by atoms with van der Waals surface area (Å²) in [6, 6.07) is 51.7. The zero-order valence-electron chi connectivity index (χ0n) is 57.2. The number of ether oxygens (including phenoxy) is 2. The number of hydrogen-bond donors (Lipinski definition) is 7. The summed E-state index contributed by atoms with van der Waals surface area (Å²) in [5.41, 5.74) is 15.1. The number of aliphatic carboxylic acids is 1. The van der Waals surface area contributed by atoms with Crippen molar-refractivity contribution in [2.75, 3.05) is 28.8 Å². The minimum Gasteiger partial charge on any atom is -0.481 e. The largest absolute Gasteiger partial charge is 0.481 e. The quantitative estimate of drug-likeness (QED) is 0.0527. The number of nitrogens with zero attached hydrogens (tertiary/aromatic N) is 6. The molecule has 4 aromatic heterocycles. The van der Waals surface area contributed by atoms with Crippen LogP contribution in [0.1, 0.15) is 94.3 Å². The first-order chi connectivity index (χ1) is 48.8. The number of carboxylic acid groups (broad SMARTS) is 1. The molecule has 12 rings (SSSR count). The van der Waals surface area contributed by atoms with E-state index in [0.717, 1.165) is 68.5 Å². The van der Waals surface area contributed by atoms with E-state index in [-0.39, 0.29) is 29.8 Å². The number of rotatable bonds is 13. The van der Waals surface area contributed by atoms with Gasteiger partial charge in [-0.15, -0.1) is 0 Å². The van der Waals surface area contributed by atoms with E-state index in [1.165, 1.54) is 0 Å². The number of para-hydroxylation sites is 4. The smallest absolute Gasteiger partial charge is 0.407 e. The molecule has 8 N–H and O–H groups in total.